The van der Waals surface area contributed by atoms with Crippen LogP contribution in [-0.4, -0.2) is 5.91 Å². The third-order valence-electron chi connectivity index (χ3n) is 3.58. The van der Waals surface area contributed by atoms with Crippen molar-refractivity contribution in [2.45, 2.75) is 33.7 Å². The largest absolute Gasteiger partial charge is 0.381 e. The number of hydrogen-bond donors (Lipinski definition) is 2. The van der Waals surface area contributed by atoms with Gasteiger partial charge in [0, 0.05) is 24.3 Å². The topological polar surface area (TPSA) is 41.1 Å². The predicted octanol–water partition coefficient (Wildman–Crippen LogP) is 4.26. The van der Waals surface area contributed by atoms with Gasteiger partial charge in [0.2, 0.25) is 5.91 Å². The zero-order valence-electron chi connectivity index (χ0n) is 12.9. The second-order valence-electron chi connectivity index (χ2n) is 5.21. The summed E-state index contributed by atoms with van der Waals surface area (Å²) in [5.74, 6) is 0.0295. The molecule has 1 amide bonds. The molecule has 0 saturated heterocycles. The molecule has 0 aliphatic rings. The molecule has 0 fully saturated rings. The summed E-state index contributed by atoms with van der Waals surface area (Å²) >= 11 is 0. The molecule has 0 saturated carbocycles. The second kappa shape index (κ2) is 6.93. The number of amides is 1. The van der Waals surface area contributed by atoms with E-state index in [1.807, 2.05) is 31.2 Å². The molecule has 0 spiro atoms. The van der Waals surface area contributed by atoms with Crippen molar-refractivity contribution >= 4 is 17.3 Å². The van der Waals surface area contributed by atoms with Gasteiger partial charge < -0.3 is 10.6 Å². The summed E-state index contributed by atoms with van der Waals surface area (Å²) < 4.78 is 0. The first-order valence-electron chi connectivity index (χ1n) is 7.29. The van der Waals surface area contributed by atoms with Crippen LogP contribution in [0.3, 0.4) is 0 Å². The van der Waals surface area contributed by atoms with Crippen molar-refractivity contribution in [1.29, 1.82) is 0 Å². The molecule has 2 aromatic carbocycles. The third-order valence-corrected chi connectivity index (χ3v) is 3.58. The van der Waals surface area contributed by atoms with E-state index in [-0.39, 0.29) is 5.91 Å². The van der Waals surface area contributed by atoms with Crippen LogP contribution < -0.4 is 10.6 Å². The highest BCUT2D eigenvalue weighted by atomic mass is 16.1. The Hall–Kier alpha value is -2.29. The smallest absolute Gasteiger partial charge is 0.224 e. The average Bonchev–Trinajstić information content (AvgIpc) is 2.47. The highest BCUT2D eigenvalue weighted by Crippen LogP contribution is 2.19. The summed E-state index contributed by atoms with van der Waals surface area (Å²) in [6.45, 7) is 6.88. The zero-order valence-corrected chi connectivity index (χ0v) is 12.9. The lowest BCUT2D eigenvalue weighted by Gasteiger charge is -2.13. The van der Waals surface area contributed by atoms with E-state index in [0.717, 1.165) is 17.9 Å². The molecule has 0 unspecified atom stereocenters. The fourth-order valence-corrected chi connectivity index (χ4v) is 2.27. The Morgan fingerprint density at radius 3 is 2.29 bits per heavy atom. The van der Waals surface area contributed by atoms with Gasteiger partial charge in [-0.25, -0.2) is 0 Å². The van der Waals surface area contributed by atoms with Gasteiger partial charge >= 0.3 is 0 Å². The molecule has 110 valence electrons. The van der Waals surface area contributed by atoms with E-state index >= 15 is 0 Å². The Morgan fingerprint density at radius 2 is 1.62 bits per heavy atom. The van der Waals surface area contributed by atoms with Crippen LogP contribution in [0.15, 0.2) is 42.5 Å². The van der Waals surface area contributed by atoms with Crippen molar-refractivity contribution in [3.05, 3.63) is 59.2 Å². The number of carbonyl (C=O) groups excluding carboxylic acids is 1. The number of hydrogen-bond acceptors (Lipinski definition) is 2. The van der Waals surface area contributed by atoms with Gasteiger partial charge in [-0.3, -0.25) is 4.79 Å². The minimum atomic E-state index is 0.0295. The Labute approximate surface area is 126 Å². The van der Waals surface area contributed by atoms with E-state index in [9.17, 15) is 4.79 Å². The van der Waals surface area contributed by atoms with E-state index in [2.05, 4.69) is 42.7 Å². The Balaban J connectivity index is 2.07. The van der Waals surface area contributed by atoms with Crippen LogP contribution in [0.2, 0.25) is 0 Å². The maximum atomic E-state index is 11.4. The number of rotatable bonds is 5. The van der Waals surface area contributed by atoms with E-state index in [1.54, 1.807) is 0 Å². The van der Waals surface area contributed by atoms with Gasteiger partial charge in [0.05, 0.1) is 0 Å². The summed E-state index contributed by atoms with van der Waals surface area (Å²) in [6.07, 6.45) is 0.486. The van der Waals surface area contributed by atoms with Gasteiger partial charge in [0.25, 0.3) is 0 Å². The number of nitrogens with one attached hydrogen (secondary N) is 2. The highest BCUT2D eigenvalue weighted by Gasteiger charge is 2.03. The van der Waals surface area contributed by atoms with E-state index in [0.29, 0.717) is 6.42 Å². The molecule has 2 N–H and O–H groups in total. The molecule has 0 aromatic heterocycles. The molecule has 0 radical (unpaired) electrons. The number of anilines is 2. The first kappa shape index (κ1) is 15.1. The van der Waals surface area contributed by atoms with Crippen molar-refractivity contribution in [1.82, 2.24) is 0 Å². The number of aryl methyl sites for hydroxylation is 2. The van der Waals surface area contributed by atoms with E-state index < -0.39 is 0 Å². The molecule has 0 aliphatic carbocycles. The lowest BCUT2D eigenvalue weighted by atomic mass is 10.0. The van der Waals surface area contributed by atoms with Crippen LogP contribution in [0.25, 0.3) is 0 Å². The monoisotopic (exact) mass is 282 g/mol. The van der Waals surface area contributed by atoms with Gasteiger partial charge in [-0.05, 0) is 48.7 Å². The van der Waals surface area contributed by atoms with E-state index in [4.69, 9.17) is 0 Å². The second-order valence-corrected chi connectivity index (χ2v) is 5.21. The maximum absolute atomic E-state index is 11.4. The number of carbonyl (C=O) groups is 1. The van der Waals surface area contributed by atoms with Crippen LogP contribution in [0, 0.1) is 13.8 Å². The Morgan fingerprint density at radius 1 is 1.00 bits per heavy atom. The van der Waals surface area contributed by atoms with Crippen LogP contribution in [-0.2, 0) is 11.3 Å². The first-order chi connectivity index (χ1) is 10.1. The standard InChI is InChI=1S/C18H22N2O/c1-4-18(21)20-16-10-6-9-15(11-16)19-12-17-13(2)7-5-8-14(17)3/h5-11,19H,4,12H2,1-3H3,(H,20,21). The SMILES string of the molecule is CCC(=O)Nc1cccc(NCc2c(C)cccc2C)c1. The fourth-order valence-electron chi connectivity index (χ4n) is 2.27. The van der Waals surface area contributed by atoms with Crippen molar-refractivity contribution in [3.8, 4) is 0 Å². The molecular weight excluding hydrogens is 260 g/mol. The average molecular weight is 282 g/mol. The highest BCUT2D eigenvalue weighted by molar-refractivity contribution is 5.90. The van der Waals surface area contributed by atoms with Crippen molar-refractivity contribution in [2.75, 3.05) is 10.6 Å². The fraction of sp³-hybridized carbons (Fsp3) is 0.278. The normalized spacial score (nSPS) is 10.2. The van der Waals surface area contributed by atoms with Gasteiger partial charge in [0.1, 0.15) is 0 Å². The predicted molar refractivity (Wildman–Crippen MR) is 88.6 cm³/mol. The molecule has 0 heterocycles. The van der Waals surface area contributed by atoms with E-state index in [1.165, 1.54) is 16.7 Å². The third kappa shape index (κ3) is 4.09. The molecule has 2 rings (SSSR count). The molecule has 0 atom stereocenters. The first-order valence-corrected chi connectivity index (χ1v) is 7.29. The van der Waals surface area contributed by atoms with Gasteiger partial charge in [-0.15, -0.1) is 0 Å². The molecule has 2 aromatic rings. The molecule has 21 heavy (non-hydrogen) atoms. The van der Waals surface area contributed by atoms with Crippen molar-refractivity contribution in [2.24, 2.45) is 0 Å². The molecule has 3 heteroatoms. The van der Waals surface area contributed by atoms with Gasteiger partial charge in [-0.1, -0.05) is 31.2 Å². The van der Waals surface area contributed by atoms with Gasteiger partial charge in [0.15, 0.2) is 0 Å². The van der Waals surface area contributed by atoms with Crippen molar-refractivity contribution in [3.63, 3.8) is 0 Å². The minimum absolute atomic E-state index is 0.0295. The summed E-state index contributed by atoms with van der Waals surface area (Å²) in [7, 11) is 0. The Kier molecular flexibility index (Phi) is 4.99. The van der Waals surface area contributed by atoms with Gasteiger partial charge in [-0.2, -0.15) is 0 Å². The minimum Gasteiger partial charge on any atom is -0.381 e. The molecular formula is C18H22N2O. The van der Waals surface area contributed by atoms with Crippen LogP contribution in [0.4, 0.5) is 11.4 Å². The van der Waals surface area contributed by atoms with Crippen LogP contribution in [0.1, 0.15) is 30.0 Å². The van der Waals surface area contributed by atoms with Crippen LogP contribution >= 0.6 is 0 Å². The lowest BCUT2D eigenvalue weighted by molar-refractivity contribution is -0.115. The summed E-state index contributed by atoms with van der Waals surface area (Å²) in [4.78, 5) is 11.4. The molecule has 0 aliphatic heterocycles. The molecule has 3 nitrogen and oxygen atoms in total. The van der Waals surface area contributed by atoms with Crippen molar-refractivity contribution < 1.29 is 4.79 Å². The summed E-state index contributed by atoms with van der Waals surface area (Å²) in [6, 6.07) is 14.1. The lowest BCUT2D eigenvalue weighted by Crippen LogP contribution is -2.10. The zero-order chi connectivity index (χ0) is 15.2. The quantitative estimate of drug-likeness (QED) is 0.860. The Bertz CT molecular complexity index is 615. The maximum Gasteiger partial charge on any atom is 0.224 e. The summed E-state index contributed by atoms with van der Waals surface area (Å²) in [5, 5.41) is 6.30. The number of benzene rings is 2. The molecule has 0 bridgehead atoms. The summed E-state index contributed by atoms with van der Waals surface area (Å²) in [5.41, 5.74) is 5.73. The van der Waals surface area contributed by atoms with Crippen LogP contribution in [0.5, 0.6) is 0 Å².